The summed E-state index contributed by atoms with van der Waals surface area (Å²) in [5.41, 5.74) is 0. The number of carbonyl (C=O) groups excluding carboxylic acids is 3. The zero-order chi connectivity index (χ0) is 21.5. The maximum Gasteiger partial charge on any atom is 0.179 e. The third-order valence-corrected chi connectivity index (χ3v) is 6.02. The molecule has 3 atom stereocenters. The van der Waals surface area contributed by atoms with Crippen molar-refractivity contribution in [1.82, 2.24) is 0 Å². The minimum absolute atomic E-state index is 0.119. The molecule has 0 amide bonds. The van der Waals surface area contributed by atoms with Gasteiger partial charge in [0.15, 0.2) is 17.3 Å². The molecule has 1 fully saturated rings. The van der Waals surface area contributed by atoms with Crippen LogP contribution in [0.5, 0.6) is 0 Å². The second-order valence-corrected chi connectivity index (χ2v) is 8.69. The second-order valence-electron chi connectivity index (χ2n) is 8.69. The third-order valence-electron chi connectivity index (χ3n) is 6.02. The summed E-state index contributed by atoms with van der Waals surface area (Å²) in [5.74, 6) is -2.43. The molecule has 1 rings (SSSR count). The van der Waals surface area contributed by atoms with E-state index >= 15 is 0 Å². The van der Waals surface area contributed by atoms with Crippen molar-refractivity contribution in [2.24, 2.45) is 5.92 Å². The van der Waals surface area contributed by atoms with Crippen molar-refractivity contribution in [3.8, 4) is 0 Å². The van der Waals surface area contributed by atoms with Crippen LogP contribution in [-0.2, 0) is 14.4 Å². The third kappa shape index (κ3) is 11.0. The Balaban J connectivity index is 1.94. The Morgan fingerprint density at radius 3 is 2.00 bits per heavy atom. The fourth-order valence-electron chi connectivity index (χ4n) is 4.09. The lowest BCUT2D eigenvalue weighted by Crippen LogP contribution is -2.43. The molecule has 29 heavy (non-hydrogen) atoms. The van der Waals surface area contributed by atoms with Crippen molar-refractivity contribution in [3.05, 3.63) is 0 Å². The lowest BCUT2D eigenvalue weighted by atomic mass is 9.81. The van der Waals surface area contributed by atoms with Gasteiger partial charge >= 0.3 is 0 Å². The highest BCUT2D eigenvalue weighted by Gasteiger charge is 2.40. The van der Waals surface area contributed by atoms with Gasteiger partial charge in [-0.05, 0) is 25.7 Å². The normalized spacial score (nSPS) is 20.8. The first kappa shape index (κ1) is 26.0. The Bertz CT molecular complexity index is 488. The second kappa shape index (κ2) is 15.7. The van der Waals surface area contributed by atoms with Crippen LogP contribution < -0.4 is 0 Å². The van der Waals surface area contributed by atoms with E-state index in [-0.39, 0.29) is 36.9 Å². The molecule has 0 aliphatic heterocycles. The molecule has 5 heteroatoms. The molecule has 5 nitrogen and oxygen atoms in total. The molecule has 168 valence electrons. The van der Waals surface area contributed by atoms with E-state index in [9.17, 15) is 24.6 Å². The van der Waals surface area contributed by atoms with Crippen LogP contribution in [0.3, 0.4) is 0 Å². The number of unbranched alkanes of at least 4 members (excludes halogenated alkanes) is 10. The number of hydrogen-bond donors (Lipinski definition) is 2. The van der Waals surface area contributed by atoms with Crippen molar-refractivity contribution in [1.29, 1.82) is 0 Å². The van der Waals surface area contributed by atoms with Crippen LogP contribution in [0.25, 0.3) is 0 Å². The fourth-order valence-corrected chi connectivity index (χ4v) is 4.09. The van der Waals surface area contributed by atoms with Crippen molar-refractivity contribution < 1.29 is 24.6 Å². The molecule has 0 aromatic rings. The lowest BCUT2D eigenvalue weighted by Gasteiger charge is -2.22. The number of ketones is 3. The van der Waals surface area contributed by atoms with Crippen LogP contribution in [0.4, 0.5) is 0 Å². The number of carbonyl (C=O) groups is 3. The molecule has 2 N–H and O–H groups in total. The number of hydrogen-bond acceptors (Lipinski definition) is 5. The SMILES string of the molecule is CCCCCC(O)CCCCCCCCCCCC(=O)C1C(=O)CCC(O)C1=O. The molecule has 0 heterocycles. The minimum Gasteiger partial charge on any atom is -0.393 e. The van der Waals surface area contributed by atoms with Gasteiger partial charge in [-0.2, -0.15) is 0 Å². The monoisotopic (exact) mass is 410 g/mol. The standard InChI is InChI=1S/C24H42O5/c1-2-3-11-14-19(25)15-12-9-7-5-4-6-8-10-13-16-20(26)23-21(27)17-18-22(28)24(23)29/h19,22-23,25,28H,2-18H2,1H3. The summed E-state index contributed by atoms with van der Waals surface area (Å²) < 4.78 is 0. The zero-order valence-electron chi connectivity index (χ0n) is 18.4. The van der Waals surface area contributed by atoms with E-state index in [1.807, 2.05) is 0 Å². The minimum atomic E-state index is -1.20. The zero-order valence-corrected chi connectivity index (χ0v) is 18.4. The molecular formula is C24H42O5. The van der Waals surface area contributed by atoms with Gasteiger partial charge in [0.05, 0.1) is 6.10 Å². The largest absolute Gasteiger partial charge is 0.393 e. The van der Waals surface area contributed by atoms with Crippen molar-refractivity contribution in [2.75, 3.05) is 0 Å². The van der Waals surface area contributed by atoms with Gasteiger partial charge in [-0.15, -0.1) is 0 Å². The fraction of sp³-hybridized carbons (Fsp3) is 0.875. The molecule has 0 aromatic heterocycles. The average Bonchev–Trinajstić information content (AvgIpc) is 2.69. The van der Waals surface area contributed by atoms with Crippen molar-refractivity contribution in [3.63, 3.8) is 0 Å². The first-order valence-electron chi connectivity index (χ1n) is 11.9. The topological polar surface area (TPSA) is 91.7 Å². The van der Waals surface area contributed by atoms with Crippen molar-refractivity contribution in [2.45, 2.75) is 128 Å². The highest BCUT2D eigenvalue weighted by Crippen LogP contribution is 2.21. The summed E-state index contributed by atoms with van der Waals surface area (Å²) in [6.07, 6.45) is 14.5. The Kier molecular flexibility index (Phi) is 14.1. The van der Waals surface area contributed by atoms with Crippen LogP contribution in [0.1, 0.15) is 116 Å². The molecule has 1 aliphatic rings. The maximum atomic E-state index is 12.2. The maximum absolute atomic E-state index is 12.2. The smallest absolute Gasteiger partial charge is 0.179 e. The first-order valence-corrected chi connectivity index (χ1v) is 11.9. The van der Waals surface area contributed by atoms with Crippen LogP contribution in [0.15, 0.2) is 0 Å². The summed E-state index contributed by atoms with van der Waals surface area (Å²) in [4.78, 5) is 35.8. The number of Topliss-reactive ketones (excluding diaryl/α,β-unsaturated/α-hetero) is 3. The molecule has 0 spiro atoms. The van der Waals surface area contributed by atoms with Gasteiger partial charge in [0.1, 0.15) is 12.0 Å². The lowest BCUT2D eigenvalue weighted by molar-refractivity contribution is -0.147. The molecular weight excluding hydrogens is 368 g/mol. The Hall–Kier alpha value is -1.07. The van der Waals surface area contributed by atoms with E-state index in [1.165, 1.54) is 38.5 Å². The Morgan fingerprint density at radius 2 is 1.41 bits per heavy atom. The van der Waals surface area contributed by atoms with E-state index in [0.717, 1.165) is 44.9 Å². The molecule has 0 radical (unpaired) electrons. The van der Waals surface area contributed by atoms with Crippen molar-refractivity contribution >= 4 is 17.3 Å². The molecule has 0 bridgehead atoms. The van der Waals surface area contributed by atoms with Gasteiger partial charge in [0.2, 0.25) is 0 Å². The van der Waals surface area contributed by atoms with Crippen LogP contribution in [0.2, 0.25) is 0 Å². The van der Waals surface area contributed by atoms with E-state index in [1.54, 1.807) is 0 Å². The molecule has 3 unspecified atom stereocenters. The average molecular weight is 411 g/mol. The van der Waals surface area contributed by atoms with Crippen LogP contribution >= 0.6 is 0 Å². The summed E-state index contributed by atoms with van der Waals surface area (Å²) in [6.45, 7) is 2.18. The highest BCUT2D eigenvalue weighted by molar-refractivity contribution is 6.21. The summed E-state index contributed by atoms with van der Waals surface area (Å²) in [6, 6.07) is 0. The number of aliphatic hydroxyl groups excluding tert-OH is 2. The predicted molar refractivity (Wildman–Crippen MR) is 115 cm³/mol. The summed E-state index contributed by atoms with van der Waals surface area (Å²) in [7, 11) is 0. The van der Waals surface area contributed by atoms with E-state index < -0.39 is 17.8 Å². The van der Waals surface area contributed by atoms with E-state index in [4.69, 9.17) is 0 Å². The molecule has 0 aromatic carbocycles. The highest BCUT2D eigenvalue weighted by atomic mass is 16.3. The van der Waals surface area contributed by atoms with Gasteiger partial charge in [-0.3, -0.25) is 14.4 Å². The van der Waals surface area contributed by atoms with Crippen LogP contribution in [0, 0.1) is 5.92 Å². The summed E-state index contributed by atoms with van der Waals surface area (Å²) in [5, 5.41) is 19.5. The molecule has 0 saturated heterocycles. The molecule has 1 aliphatic carbocycles. The number of aliphatic hydroxyl groups is 2. The first-order chi connectivity index (χ1) is 14.0. The van der Waals surface area contributed by atoms with Gasteiger partial charge < -0.3 is 10.2 Å². The van der Waals surface area contributed by atoms with Gasteiger partial charge in [0, 0.05) is 12.8 Å². The van der Waals surface area contributed by atoms with Gasteiger partial charge in [0.25, 0.3) is 0 Å². The summed E-state index contributed by atoms with van der Waals surface area (Å²) >= 11 is 0. The van der Waals surface area contributed by atoms with E-state index in [0.29, 0.717) is 6.42 Å². The predicted octanol–water partition coefficient (Wildman–Crippen LogP) is 4.70. The molecule has 1 saturated carbocycles. The Morgan fingerprint density at radius 1 is 0.897 bits per heavy atom. The number of rotatable bonds is 17. The quantitative estimate of drug-likeness (QED) is 0.268. The van der Waals surface area contributed by atoms with Gasteiger partial charge in [-0.25, -0.2) is 0 Å². The van der Waals surface area contributed by atoms with E-state index in [2.05, 4.69) is 6.92 Å². The van der Waals surface area contributed by atoms with Gasteiger partial charge in [-0.1, -0.05) is 77.6 Å². The van der Waals surface area contributed by atoms with Crippen LogP contribution in [-0.4, -0.2) is 39.8 Å². The Labute approximate surface area is 176 Å².